The van der Waals surface area contributed by atoms with E-state index in [4.69, 9.17) is 34.3 Å². The van der Waals surface area contributed by atoms with Crippen molar-refractivity contribution in [1.29, 1.82) is 15.9 Å². The molecule has 0 amide bonds. The summed E-state index contributed by atoms with van der Waals surface area (Å²) in [6.07, 6.45) is 0. The Bertz CT molecular complexity index is 699. The van der Waals surface area contributed by atoms with E-state index in [0.29, 0.717) is 10.6 Å². The van der Waals surface area contributed by atoms with Crippen molar-refractivity contribution in [1.82, 2.24) is 0 Å². The van der Waals surface area contributed by atoms with Gasteiger partial charge in [-0.05, 0) is 11.6 Å². The Balaban J connectivity index is 2.70. The number of allylic oxidation sites excluding steroid dienone is 1. The summed E-state index contributed by atoms with van der Waals surface area (Å²) in [5, 5.41) is 27.4. The number of hydrogen-bond acceptors (Lipinski definition) is 5. The van der Waals surface area contributed by atoms with Crippen LogP contribution in [0.5, 0.6) is 0 Å². The summed E-state index contributed by atoms with van der Waals surface area (Å²) in [5.74, 6) is -1.46. The molecule has 2 rings (SSSR count). The van der Waals surface area contributed by atoms with Crippen molar-refractivity contribution >= 4 is 40.0 Å². The first-order chi connectivity index (χ1) is 9.51. The molecule has 0 fully saturated rings. The van der Waals surface area contributed by atoms with Crippen LogP contribution in [-0.4, -0.2) is 5.04 Å². The number of nitrogens with zero attached hydrogens (tertiary/aromatic N) is 2. The number of hydrogen-bond donors (Lipinski definition) is 2. The second kappa shape index (κ2) is 5.76. The molecule has 4 nitrogen and oxygen atoms in total. The average molecular weight is 323 g/mol. The maximum Gasteiger partial charge on any atom is 0.106 e. The van der Waals surface area contributed by atoms with Crippen molar-refractivity contribution in [2.45, 2.75) is 5.92 Å². The Morgan fingerprint density at radius 3 is 2.60 bits per heavy atom. The maximum atomic E-state index is 9.30. The lowest BCUT2D eigenvalue weighted by Crippen LogP contribution is -2.27. The second-order valence-corrected chi connectivity index (χ2v) is 5.95. The molecule has 0 aliphatic carbocycles. The standard InChI is InChI=1S/C13H8Cl2N4S/c14-9-3-1-2-6(11(9)15)10-7(4-16)12(18)20-13(19)8(10)5-17/h1-3,7,10,18H,19H2/t7-,10+/m1/s1. The molecule has 20 heavy (non-hydrogen) atoms. The average Bonchev–Trinajstić information content (AvgIpc) is 2.41. The van der Waals surface area contributed by atoms with Crippen molar-refractivity contribution in [2.75, 3.05) is 0 Å². The van der Waals surface area contributed by atoms with Crippen LogP contribution in [0, 0.1) is 34.0 Å². The number of nitriles is 2. The van der Waals surface area contributed by atoms with Gasteiger partial charge in [-0.15, -0.1) is 0 Å². The third-order valence-corrected chi connectivity index (χ3v) is 4.74. The zero-order chi connectivity index (χ0) is 14.9. The Morgan fingerprint density at radius 2 is 2.00 bits per heavy atom. The monoisotopic (exact) mass is 322 g/mol. The van der Waals surface area contributed by atoms with Gasteiger partial charge in [-0.2, -0.15) is 10.5 Å². The van der Waals surface area contributed by atoms with E-state index in [1.165, 1.54) is 0 Å². The Hall–Kier alpha value is -1.66. The zero-order valence-corrected chi connectivity index (χ0v) is 12.4. The van der Waals surface area contributed by atoms with Gasteiger partial charge in [-0.1, -0.05) is 47.1 Å². The topological polar surface area (TPSA) is 97.4 Å². The van der Waals surface area contributed by atoms with E-state index in [1.54, 1.807) is 18.2 Å². The Kier molecular flexibility index (Phi) is 4.25. The summed E-state index contributed by atoms with van der Waals surface area (Å²) in [6, 6.07) is 9.07. The maximum absolute atomic E-state index is 9.30. The lowest BCUT2D eigenvalue weighted by Gasteiger charge is -2.28. The SMILES string of the molecule is N#CC1=C(N)SC(=N)[C@H](C#N)[C@@H]1c1cccc(Cl)c1Cl. The minimum Gasteiger partial charge on any atom is -0.392 e. The van der Waals surface area contributed by atoms with Crippen LogP contribution in [0.25, 0.3) is 0 Å². The van der Waals surface area contributed by atoms with E-state index in [-0.39, 0.29) is 20.7 Å². The quantitative estimate of drug-likeness (QED) is 0.824. The molecule has 0 saturated carbocycles. The molecule has 1 aliphatic rings. The summed E-state index contributed by atoms with van der Waals surface area (Å²) in [6.45, 7) is 0. The molecule has 2 atom stereocenters. The van der Waals surface area contributed by atoms with Gasteiger partial charge in [-0.3, -0.25) is 5.41 Å². The van der Waals surface area contributed by atoms with Gasteiger partial charge in [-0.25, -0.2) is 0 Å². The normalized spacial score (nSPS) is 22.3. The number of thioether (sulfide) groups is 1. The van der Waals surface area contributed by atoms with Crippen LogP contribution in [0.3, 0.4) is 0 Å². The molecule has 0 saturated heterocycles. The highest BCUT2D eigenvalue weighted by atomic mass is 35.5. The van der Waals surface area contributed by atoms with E-state index in [1.807, 2.05) is 12.1 Å². The molecule has 0 aromatic heterocycles. The number of rotatable bonds is 1. The van der Waals surface area contributed by atoms with E-state index >= 15 is 0 Å². The van der Waals surface area contributed by atoms with Crippen LogP contribution in [0.15, 0.2) is 28.8 Å². The van der Waals surface area contributed by atoms with Crippen LogP contribution < -0.4 is 5.73 Å². The number of benzene rings is 1. The molecule has 0 bridgehead atoms. The highest BCUT2D eigenvalue weighted by Gasteiger charge is 2.38. The molecule has 1 heterocycles. The molecule has 1 aromatic carbocycles. The third-order valence-electron chi connectivity index (χ3n) is 2.99. The van der Waals surface area contributed by atoms with E-state index < -0.39 is 11.8 Å². The predicted molar refractivity (Wildman–Crippen MR) is 80.5 cm³/mol. The van der Waals surface area contributed by atoms with Crippen molar-refractivity contribution in [3.05, 3.63) is 44.4 Å². The molecule has 0 spiro atoms. The van der Waals surface area contributed by atoms with Crippen molar-refractivity contribution in [3.8, 4) is 12.1 Å². The van der Waals surface area contributed by atoms with E-state index in [9.17, 15) is 10.5 Å². The lowest BCUT2D eigenvalue weighted by molar-refractivity contribution is 0.729. The van der Waals surface area contributed by atoms with Gasteiger partial charge in [0.05, 0.1) is 37.8 Å². The molecule has 0 radical (unpaired) electrons. The smallest absolute Gasteiger partial charge is 0.106 e. The number of halogens is 2. The summed E-state index contributed by atoms with van der Waals surface area (Å²) in [5.41, 5.74) is 6.60. The minimum absolute atomic E-state index is 0.102. The summed E-state index contributed by atoms with van der Waals surface area (Å²) in [7, 11) is 0. The molecule has 1 aliphatic heterocycles. The molecular weight excluding hydrogens is 315 g/mol. The lowest BCUT2D eigenvalue weighted by atomic mass is 9.81. The molecule has 0 unspecified atom stereocenters. The third kappa shape index (κ3) is 2.36. The van der Waals surface area contributed by atoms with Gasteiger partial charge in [0.25, 0.3) is 0 Å². The summed E-state index contributed by atoms with van der Waals surface area (Å²) in [4.78, 5) is 0. The molecule has 1 aromatic rings. The van der Waals surface area contributed by atoms with Crippen molar-refractivity contribution < 1.29 is 0 Å². The first-order valence-electron chi connectivity index (χ1n) is 5.50. The minimum atomic E-state index is -0.794. The van der Waals surface area contributed by atoms with Gasteiger partial charge < -0.3 is 5.73 Å². The van der Waals surface area contributed by atoms with Crippen molar-refractivity contribution in [3.63, 3.8) is 0 Å². The van der Waals surface area contributed by atoms with Crippen LogP contribution in [0.1, 0.15) is 11.5 Å². The van der Waals surface area contributed by atoms with Crippen LogP contribution in [0.2, 0.25) is 10.0 Å². The number of nitrogens with two attached hydrogens (primary N) is 1. The molecule has 7 heteroatoms. The van der Waals surface area contributed by atoms with Crippen LogP contribution >= 0.6 is 35.0 Å². The first kappa shape index (κ1) is 14.7. The fourth-order valence-corrected chi connectivity index (χ4v) is 3.32. The van der Waals surface area contributed by atoms with Gasteiger partial charge >= 0.3 is 0 Å². The molecular formula is C13H8Cl2N4S. The highest BCUT2D eigenvalue weighted by Crippen LogP contribution is 2.45. The fraction of sp³-hybridized carbons (Fsp3) is 0.154. The number of nitrogens with one attached hydrogen (secondary N) is 1. The molecule has 100 valence electrons. The highest BCUT2D eigenvalue weighted by molar-refractivity contribution is 8.17. The fourth-order valence-electron chi connectivity index (χ4n) is 2.06. The largest absolute Gasteiger partial charge is 0.392 e. The Labute approximate surface area is 130 Å². The van der Waals surface area contributed by atoms with Crippen molar-refractivity contribution in [2.24, 2.45) is 11.7 Å². The zero-order valence-electron chi connectivity index (χ0n) is 10.0. The second-order valence-electron chi connectivity index (χ2n) is 4.08. The predicted octanol–water partition coefficient (Wildman–Crippen LogP) is 3.63. The molecule has 3 N–H and O–H groups in total. The first-order valence-corrected chi connectivity index (χ1v) is 7.08. The van der Waals surface area contributed by atoms with Gasteiger partial charge in [0.15, 0.2) is 0 Å². The van der Waals surface area contributed by atoms with Crippen LogP contribution in [-0.2, 0) is 0 Å². The van der Waals surface area contributed by atoms with Gasteiger partial charge in [0.2, 0.25) is 0 Å². The summed E-state index contributed by atoms with van der Waals surface area (Å²) >= 11 is 13.1. The van der Waals surface area contributed by atoms with Gasteiger partial charge in [0.1, 0.15) is 5.92 Å². The van der Waals surface area contributed by atoms with E-state index in [2.05, 4.69) is 0 Å². The van der Waals surface area contributed by atoms with Crippen LogP contribution in [0.4, 0.5) is 0 Å². The van der Waals surface area contributed by atoms with Gasteiger partial charge in [0, 0.05) is 5.92 Å². The summed E-state index contributed by atoms with van der Waals surface area (Å²) < 4.78 is 0. The Morgan fingerprint density at radius 1 is 1.30 bits per heavy atom. The van der Waals surface area contributed by atoms with E-state index in [0.717, 1.165) is 11.8 Å².